The number of hydrogen-bond donors (Lipinski definition) is 1. The molecule has 0 heterocycles. The van der Waals surface area contributed by atoms with E-state index in [-0.39, 0.29) is 6.04 Å². The maximum atomic E-state index is 6.04. The van der Waals surface area contributed by atoms with Crippen LogP contribution in [0.3, 0.4) is 0 Å². The van der Waals surface area contributed by atoms with E-state index in [1.807, 2.05) is 6.07 Å². The zero-order valence-corrected chi connectivity index (χ0v) is 10.4. The van der Waals surface area contributed by atoms with Gasteiger partial charge in [-0.05, 0) is 24.6 Å². The zero-order valence-electron chi connectivity index (χ0n) is 8.89. The number of ether oxygens (including phenoxy) is 1. The molecule has 84 valence electrons. The average molecular weight is 248 g/mol. The minimum absolute atomic E-state index is 0.256. The van der Waals surface area contributed by atoms with E-state index in [1.54, 1.807) is 19.2 Å². The van der Waals surface area contributed by atoms with Crippen molar-refractivity contribution in [3.63, 3.8) is 0 Å². The summed E-state index contributed by atoms with van der Waals surface area (Å²) in [7, 11) is 1.68. The maximum absolute atomic E-state index is 6.04. The Kier molecular flexibility index (Phi) is 5.23. The normalized spacial score (nSPS) is 12.5. The van der Waals surface area contributed by atoms with Crippen LogP contribution in [-0.4, -0.2) is 19.8 Å². The van der Waals surface area contributed by atoms with E-state index in [2.05, 4.69) is 12.2 Å². The lowest BCUT2D eigenvalue weighted by atomic mass is 10.2. The van der Waals surface area contributed by atoms with Gasteiger partial charge in [0.25, 0.3) is 0 Å². The van der Waals surface area contributed by atoms with Gasteiger partial charge in [0.15, 0.2) is 0 Å². The number of halogens is 2. The quantitative estimate of drug-likeness (QED) is 0.854. The lowest BCUT2D eigenvalue weighted by Crippen LogP contribution is -2.23. The fourth-order valence-corrected chi connectivity index (χ4v) is 1.63. The second kappa shape index (κ2) is 6.21. The lowest BCUT2D eigenvalue weighted by Gasteiger charge is -2.18. The molecule has 0 amide bonds. The molecule has 1 atom stereocenters. The van der Waals surface area contributed by atoms with Crippen LogP contribution in [0, 0.1) is 0 Å². The van der Waals surface area contributed by atoms with E-state index < -0.39 is 0 Å². The molecule has 1 aromatic rings. The van der Waals surface area contributed by atoms with Crippen LogP contribution < -0.4 is 5.32 Å². The van der Waals surface area contributed by atoms with Crippen LogP contribution in [0.4, 0.5) is 5.69 Å². The van der Waals surface area contributed by atoms with Gasteiger partial charge in [-0.2, -0.15) is 0 Å². The first kappa shape index (κ1) is 12.6. The van der Waals surface area contributed by atoms with Gasteiger partial charge < -0.3 is 10.1 Å². The Morgan fingerprint density at radius 1 is 1.40 bits per heavy atom. The number of hydrogen-bond acceptors (Lipinski definition) is 2. The second-order valence-electron chi connectivity index (χ2n) is 3.33. The van der Waals surface area contributed by atoms with Crippen molar-refractivity contribution >= 4 is 28.9 Å². The molecule has 0 spiro atoms. The SMILES string of the molecule is CCC(COC)Nc1cc(Cl)ccc1Cl. The van der Waals surface area contributed by atoms with Crippen molar-refractivity contribution in [2.45, 2.75) is 19.4 Å². The number of methoxy groups -OCH3 is 1. The Hall–Kier alpha value is -0.440. The highest BCUT2D eigenvalue weighted by Gasteiger charge is 2.08. The molecule has 0 aliphatic carbocycles. The van der Waals surface area contributed by atoms with Crippen molar-refractivity contribution in [3.8, 4) is 0 Å². The molecular weight excluding hydrogens is 233 g/mol. The van der Waals surface area contributed by atoms with Gasteiger partial charge in [-0.15, -0.1) is 0 Å². The van der Waals surface area contributed by atoms with Crippen molar-refractivity contribution in [1.29, 1.82) is 0 Å². The molecule has 1 N–H and O–H groups in total. The first-order valence-electron chi connectivity index (χ1n) is 4.88. The minimum atomic E-state index is 0.256. The summed E-state index contributed by atoms with van der Waals surface area (Å²) in [6.07, 6.45) is 0.969. The number of benzene rings is 1. The molecule has 0 aliphatic rings. The highest BCUT2D eigenvalue weighted by atomic mass is 35.5. The second-order valence-corrected chi connectivity index (χ2v) is 4.17. The van der Waals surface area contributed by atoms with Crippen LogP contribution >= 0.6 is 23.2 Å². The first-order valence-corrected chi connectivity index (χ1v) is 5.63. The van der Waals surface area contributed by atoms with Gasteiger partial charge in [-0.1, -0.05) is 30.1 Å². The molecule has 4 heteroatoms. The van der Waals surface area contributed by atoms with Crippen molar-refractivity contribution in [1.82, 2.24) is 0 Å². The molecule has 1 aromatic carbocycles. The maximum Gasteiger partial charge on any atom is 0.0663 e. The standard InChI is InChI=1S/C11H15Cl2NO/c1-3-9(7-15-2)14-11-6-8(12)4-5-10(11)13/h4-6,9,14H,3,7H2,1-2H3. The van der Waals surface area contributed by atoms with Crippen LogP contribution in [0.1, 0.15) is 13.3 Å². The summed E-state index contributed by atoms with van der Waals surface area (Å²) in [6.45, 7) is 2.74. The molecule has 0 saturated heterocycles. The van der Waals surface area contributed by atoms with E-state index in [9.17, 15) is 0 Å². The van der Waals surface area contributed by atoms with Crippen LogP contribution in [0.15, 0.2) is 18.2 Å². The van der Waals surface area contributed by atoms with Crippen LogP contribution in [-0.2, 0) is 4.74 Å². The Labute approximate surface area is 101 Å². The molecule has 2 nitrogen and oxygen atoms in total. The fraction of sp³-hybridized carbons (Fsp3) is 0.455. The van der Waals surface area contributed by atoms with Gasteiger partial charge in [0.05, 0.1) is 17.3 Å². The molecule has 0 fully saturated rings. The largest absolute Gasteiger partial charge is 0.383 e. The van der Waals surface area contributed by atoms with E-state index in [0.717, 1.165) is 12.1 Å². The minimum Gasteiger partial charge on any atom is -0.383 e. The molecular formula is C11H15Cl2NO. The predicted octanol–water partition coefficient (Wildman–Crippen LogP) is 3.83. The Bertz CT molecular complexity index is 317. The molecule has 0 aromatic heterocycles. The van der Waals surface area contributed by atoms with E-state index >= 15 is 0 Å². The molecule has 0 bridgehead atoms. The Morgan fingerprint density at radius 3 is 2.73 bits per heavy atom. The van der Waals surface area contributed by atoms with Crippen molar-refractivity contribution in [2.24, 2.45) is 0 Å². The molecule has 1 unspecified atom stereocenters. The third kappa shape index (κ3) is 3.90. The lowest BCUT2D eigenvalue weighted by molar-refractivity contribution is 0.184. The third-order valence-corrected chi connectivity index (χ3v) is 2.71. The number of anilines is 1. The summed E-state index contributed by atoms with van der Waals surface area (Å²) in [4.78, 5) is 0. The van der Waals surface area contributed by atoms with Gasteiger partial charge in [0.1, 0.15) is 0 Å². The Balaban J connectivity index is 2.73. The summed E-state index contributed by atoms with van der Waals surface area (Å²) >= 11 is 11.9. The van der Waals surface area contributed by atoms with Crippen LogP contribution in [0.2, 0.25) is 10.0 Å². The van der Waals surface area contributed by atoms with Gasteiger partial charge in [0, 0.05) is 18.2 Å². The molecule has 0 saturated carbocycles. The summed E-state index contributed by atoms with van der Waals surface area (Å²) in [5, 5.41) is 4.65. The average Bonchev–Trinajstić information content (AvgIpc) is 2.22. The number of nitrogens with one attached hydrogen (secondary N) is 1. The fourth-order valence-electron chi connectivity index (χ4n) is 1.29. The monoisotopic (exact) mass is 247 g/mol. The summed E-state index contributed by atoms with van der Waals surface area (Å²) in [5.41, 5.74) is 0.855. The topological polar surface area (TPSA) is 21.3 Å². The predicted molar refractivity (Wildman–Crippen MR) is 66.0 cm³/mol. The first-order chi connectivity index (χ1) is 7.17. The van der Waals surface area contributed by atoms with E-state index in [0.29, 0.717) is 16.7 Å². The van der Waals surface area contributed by atoms with Gasteiger partial charge >= 0.3 is 0 Å². The summed E-state index contributed by atoms with van der Waals surface area (Å²) < 4.78 is 5.10. The molecule has 1 rings (SSSR count). The molecule has 0 radical (unpaired) electrons. The highest BCUT2D eigenvalue weighted by Crippen LogP contribution is 2.26. The van der Waals surface area contributed by atoms with E-state index in [4.69, 9.17) is 27.9 Å². The zero-order chi connectivity index (χ0) is 11.3. The van der Waals surface area contributed by atoms with Gasteiger partial charge in [-0.3, -0.25) is 0 Å². The van der Waals surface area contributed by atoms with Crippen molar-refractivity contribution in [2.75, 3.05) is 19.0 Å². The molecule has 15 heavy (non-hydrogen) atoms. The van der Waals surface area contributed by atoms with Gasteiger partial charge in [-0.25, -0.2) is 0 Å². The summed E-state index contributed by atoms with van der Waals surface area (Å²) in [5.74, 6) is 0. The smallest absolute Gasteiger partial charge is 0.0663 e. The van der Waals surface area contributed by atoms with Crippen LogP contribution in [0.25, 0.3) is 0 Å². The Morgan fingerprint density at radius 2 is 2.13 bits per heavy atom. The third-order valence-electron chi connectivity index (χ3n) is 2.15. The van der Waals surface area contributed by atoms with Crippen molar-refractivity contribution in [3.05, 3.63) is 28.2 Å². The highest BCUT2D eigenvalue weighted by molar-refractivity contribution is 6.35. The van der Waals surface area contributed by atoms with Crippen LogP contribution in [0.5, 0.6) is 0 Å². The molecule has 0 aliphatic heterocycles. The van der Waals surface area contributed by atoms with Crippen molar-refractivity contribution < 1.29 is 4.74 Å². The van der Waals surface area contributed by atoms with E-state index in [1.165, 1.54) is 0 Å². The van der Waals surface area contributed by atoms with Gasteiger partial charge in [0.2, 0.25) is 0 Å². The summed E-state index contributed by atoms with van der Waals surface area (Å²) in [6, 6.07) is 5.63. The number of rotatable bonds is 5.